The fourth-order valence-corrected chi connectivity index (χ4v) is 2.48. The summed E-state index contributed by atoms with van der Waals surface area (Å²) in [5, 5.41) is 6.71. The standard InChI is InChI=1S/C13H16N4O3S/c1-21(19,20)12-8-10(7-11(14)9-12)13(18)15-4-6-17-5-2-3-16-17/h2-3,5,7-9H,4,6,14H2,1H3,(H,15,18). The monoisotopic (exact) mass is 308 g/mol. The first-order valence-corrected chi connectivity index (χ1v) is 8.11. The number of nitrogens with one attached hydrogen (secondary N) is 1. The quantitative estimate of drug-likeness (QED) is 0.772. The second kappa shape index (κ2) is 5.96. The average molecular weight is 308 g/mol. The van der Waals surface area contributed by atoms with Crippen LogP contribution in [0.15, 0.2) is 41.6 Å². The van der Waals surface area contributed by atoms with Crippen LogP contribution in [0.4, 0.5) is 5.69 Å². The molecule has 1 heterocycles. The van der Waals surface area contributed by atoms with E-state index in [9.17, 15) is 13.2 Å². The number of carbonyl (C=O) groups is 1. The molecule has 21 heavy (non-hydrogen) atoms. The maximum absolute atomic E-state index is 12.0. The molecule has 1 amide bonds. The zero-order valence-corrected chi connectivity index (χ0v) is 12.3. The van der Waals surface area contributed by atoms with Crippen molar-refractivity contribution in [1.82, 2.24) is 15.1 Å². The summed E-state index contributed by atoms with van der Waals surface area (Å²) >= 11 is 0. The van der Waals surface area contributed by atoms with Crippen LogP contribution in [-0.2, 0) is 16.4 Å². The number of hydrogen-bond donors (Lipinski definition) is 2. The van der Waals surface area contributed by atoms with E-state index in [4.69, 9.17) is 5.73 Å². The van der Waals surface area contributed by atoms with Gasteiger partial charge in [-0.1, -0.05) is 0 Å². The summed E-state index contributed by atoms with van der Waals surface area (Å²) in [5.41, 5.74) is 6.09. The second-order valence-corrected chi connectivity index (χ2v) is 6.60. The molecule has 0 saturated carbocycles. The molecule has 0 atom stereocenters. The minimum atomic E-state index is -3.41. The van der Waals surface area contributed by atoms with Crippen molar-refractivity contribution in [1.29, 1.82) is 0 Å². The van der Waals surface area contributed by atoms with Gasteiger partial charge in [-0.2, -0.15) is 5.10 Å². The summed E-state index contributed by atoms with van der Waals surface area (Å²) in [6, 6.07) is 5.88. The molecule has 0 fully saturated rings. The lowest BCUT2D eigenvalue weighted by molar-refractivity contribution is 0.0951. The van der Waals surface area contributed by atoms with Crippen LogP contribution in [0, 0.1) is 0 Å². The Bertz CT molecular complexity index is 739. The van der Waals surface area contributed by atoms with Gasteiger partial charge in [0.1, 0.15) is 0 Å². The Morgan fingerprint density at radius 2 is 2.14 bits per heavy atom. The number of aromatic nitrogens is 2. The Hall–Kier alpha value is -2.35. The molecule has 0 radical (unpaired) electrons. The molecule has 0 bridgehead atoms. The lowest BCUT2D eigenvalue weighted by Crippen LogP contribution is -2.27. The van der Waals surface area contributed by atoms with E-state index in [0.29, 0.717) is 13.1 Å². The summed E-state index contributed by atoms with van der Waals surface area (Å²) in [4.78, 5) is 12.0. The van der Waals surface area contributed by atoms with E-state index in [0.717, 1.165) is 6.26 Å². The highest BCUT2D eigenvalue weighted by Gasteiger charge is 2.13. The minimum Gasteiger partial charge on any atom is -0.399 e. The van der Waals surface area contributed by atoms with Crippen molar-refractivity contribution in [2.75, 3.05) is 18.5 Å². The van der Waals surface area contributed by atoms with Crippen LogP contribution < -0.4 is 11.1 Å². The van der Waals surface area contributed by atoms with Crippen molar-refractivity contribution in [3.8, 4) is 0 Å². The van der Waals surface area contributed by atoms with Gasteiger partial charge in [-0.15, -0.1) is 0 Å². The van der Waals surface area contributed by atoms with Gasteiger partial charge >= 0.3 is 0 Å². The SMILES string of the molecule is CS(=O)(=O)c1cc(N)cc(C(=O)NCCn2cccn2)c1. The van der Waals surface area contributed by atoms with Crippen LogP contribution in [0.3, 0.4) is 0 Å². The zero-order valence-electron chi connectivity index (χ0n) is 11.5. The van der Waals surface area contributed by atoms with E-state index < -0.39 is 9.84 Å². The molecule has 0 aliphatic rings. The van der Waals surface area contributed by atoms with Crippen molar-refractivity contribution in [2.45, 2.75) is 11.4 Å². The molecule has 112 valence electrons. The average Bonchev–Trinajstić information content (AvgIpc) is 2.90. The van der Waals surface area contributed by atoms with E-state index in [1.165, 1.54) is 18.2 Å². The van der Waals surface area contributed by atoms with Crippen LogP contribution in [-0.4, -0.2) is 36.9 Å². The van der Waals surface area contributed by atoms with E-state index in [-0.39, 0.29) is 22.1 Å². The number of rotatable bonds is 5. The molecule has 7 nitrogen and oxygen atoms in total. The van der Waals surface area contributed by atoms with Crippen LogP contribution >= 0.6 is 0 Å². The Labute approximate surface area is 122 Å². The summed E-state index contributed by atoms with van der Waals surface area (Å²) in [6.07, 6.45) is 4.51. The van der Waals surface area contributed by atoms with Crippen LogP contribution in [0.1, 0.15) is 10.4 Å². The molecular formula is C13H16N4O3S. The van der Waals surface area contributed by atoms with Crippen LogP contribution in [0.2, 0.25) is 0 Å². The van der Waals surface area contributed by atoms with Gasteiger partial charge in [-0.05, 0) is 24.3 Å². The van der Waals surface area contributed by atoms with Crippen molar-refractivity contribution < 1.29 is 13.2 Å². The van der Waals surface area contributed by atoms with Crippen molar-refractivity contribution in [3.63, 3.8) is 0 Å². The van der Waals surface area contributed by atoms with Gasteiger partial charge in [-0.3, -0.25) is 9.48 Å². The molecule has 2 aromatic rings. The molecule has 0 unspecified atom stereocenters. The predicted octanol–water partition coefficient (Wildman–Crippen LogP) is 0.299. The summed E-state index contributed by atoms with van der Waals surface area (Å²) in [5.74, 6) is -0.376. The zero-order chi connectivity index (χ0) is 15.5. The predicted molar refractivity (Wildman–Crippen MR) is 78.5 cm³/mol. The maximum atomic E-state index is 12.0. The topological polar surface area (TPSA) is 107 Å². The fraction of sp³-hybridized carbons (Fsp3) is 0.231. The molecule has 3 N–H and O–H groups in total. The summed E-state index contributed by atoms with van der Waals surface area (Å²) in [7, 11) is -3.41. The molecule has 0 saturated heterocycles. The van der Waals surface area contributed by atoms with Gasteiger partial charge in [0.25, 0.3) is 5.91 Å². The number of anilines is 1. The highest BCUT2D eigenvalue weighted by Crippen LogP contribution is 2.16. The first kappa shape index (κ1) is 15.0. The molecule has 1 aromatic heterocycles. The molecular weight excluding hydrogens is 292 g/mol. The number of benzene rings is 1. The van der Waals surface area contributed by atoms with Gasteiger partial charge in [-0.25, -0.2) is 8.42 Å². The lowest BCUT2D eigenvalue weighted by Gasteiger charge is -2.08. The maximum Gasteiger partial charge on any atom is 0.251 e. The highest BCUT2D eigenvalue weighted by atomic mass is 32.2. The number of nitrogens with two attached hydrogens (primary N) is 1. The molecule has 0 aliphatic carbocycles. The largest absolute Gasteiger partial charge is 0.399 e. The van der Waals surface area contributed by atoms with E-state index in [1.807, 2.05) is 0 Å². The van der Waals surface area contributed by atoms with Gasteiger partial charge in [0, 0.05) is 36.4 Å². The van der Waals surface area contributed by atoms with E-state index in [1.54, 1.807) is 23.1 Å². The first-order valence-electron chi connectivity index (χ1n) is 6.22. The van der Waals surface area contributed by atoms with Gasteiger partial charge < -0.3 is 11.1 Å². The third-order valence-corrected chi connectivity index (χ3v) is 3.90. The summed E-state index contributed by atoms with van der Waals surface area (Å²) < 4.78 is 24.7. The third-order valence-electron chi connectivity index (χ3n) is 2.80. The Kier molecular flexibility index (Phi) is 4.27. The molecule has 0 spiro atoms. The Morgan fingerprint density at radius 3 is 2.76 bits per heavy atom. The minimum absolute atomic E-state index is 0.0275. The highest BCUT2D eigenvalue weighted by molar-refractivity contribution is 7.90. The smallest absolute Gasteiger partial charge is 0.251 e. The number of sulfone groups is 1. The molecule has 8 heteroatoms. The Morgan fingerprint density at radius 1 is 1.38 bits per heavy atom. The fourth-order valence-electron chi connectivity index (χ4n) is 1.79. The summed E-state index contributed by atoms with van der Waals surface area (Å²) in [6.45, 7) is 0.906. The second-order valence-electron chi connectivity index (χ2n) is 4.59. The number of amides is 1. The molecule has 0 aliphatic heterocycles. The van der Waals surface area contributed by atoms with Gasteiger partial charge in [0.05, 0.1) is 11.4 Å². The first-order chi connectivity index (χ1) is 9.86. The number of nitrogens with zero attached hydrogens (tertiary/aromatic N) is 2. The lowest BCUT2D eigenvalue weighted by atomic mass is 10.2. The van der Waals surface area contributed by atoms with Crippen LogP contribution in [0.5, 0.6) is 0 Å². The molecule has 2 rings (SSSR count). The number of nitrogen functional groups attached to an aromatic ring is 1. The van der Waals surface area contributed by atoms with Gasteiger partial charge in [0.15, 0.2) is 9.84 Å². The normalized spacial score (nSPS) is 11.3. The van der Waals surface area contributed by atoms with Gasteiger partial charge in [0.2, 0.25) is 0 Å². The van der Waals surface area contributed by atoms with E-state index >= 15 is 0 Å². The van der Waals surface area contributed by atoms with Crippen LogP contribution in [0.25, 0.3) is 0 Å². The van der Waals surface area contributed by atoms with Crippen molar-refractivity contribution in [3.05, 3.63) is 42.2 Å². The number of carbonyl (C=O) groups excluding carboxylic acids is 1. The van der Waals surface area contributed by atoms with Crippen molar-refractivity contribution in [2.24, 2.45) is 0 Å². The number of hydrogen-bond acceptors (Lipinski definition) is 5. The Balaban J connectivity index is 2.07. The van der Waals surface area contributed by atoms with E-state index in [2.05, 4.69) is 10.4 Å². The molecule has 1 aromatic carbocycles. The van der Waals surface area contributed by atoms with Crippen molar-refractivity contribution >= 4 is 21.4 Å². The third kappa shape index (κ3) is 4.06.